The van der Waals surface area contributed by atoms with E-state index in [-0.39, 0.29) is 23.6 Å². The maximum absolute atomic E-state index is 12.6. The predicted octanol–water partition coefficient (Wildman–Crippen LogP) is 1.94. The first-order valence-corrected chi connectivity index (χ1v) is 12.0. The highest BCUT2D eigenvalue weighted by Crippen LogP contribution is 2.17. The summed E-state index contributed by atoms with van der Waals surface area (Å²) >= 11 is 0. The fraction of sp³-hybridized carbons (Fsp3) is 0.462. The summed E-state index contributed by atoms with van der Waals surface area (Å²) in [7, 11) is 2.07. The van der Waals surface area contributed by atoms with E-state index in [0.29, 0.717) is 31.7 Å². The summed E-state index contributed by atoms with van der Waals surface area (Å²) in [5, 5.41) is 12.4. The molecule has 0 aliphatic carbocycles. The third-order valence-corrected chi connectivity index (χ3v) is 6.42. The minimum absolute atomic E-state index is 0.00740. The molecular weight excluding hydrogens is 432 g/mol. The van der Waals surface area contributed by atoms with Crippen LogP contribution in [0, 0.1) is 0 Å². The first-order valence-electron chi connectivity index (χ1n) is 12.0. The maximum Gasteiger partial charge on any atom is 0.253 e. The number of likely N-dealkylation sites (N-methyl/N-ethyl adjacent to an activating group) is 1. The lowest BCUT2D eigenvalue weighted by Gasteiger charge is -2.34. The van der Waals surface area contributed by atoms with E-state index in [1.807, 2.05) is 17.0 Å². The van der Waals surface area contributed by atoms with Crippen molar-refractivity contribution in [3.05, 3.63) is 59.7 Å². The minimum atomic E-state index is 0.00740. The number of aromatic hydroxyl groups is 1. The van der Waals surface area contributed by atoms with Gasteiger partial charge in [0.1, 0.15) is 18.1 Å². The number of phenolic OH excluding ortho intramolecular Hbond substituents is 1. The number of hydrogen-bond acceptors (Lipinski definition) is 6. The third kappa shape index (κ3) is 6.71. The van der Waals surface area contributed by atoms with Crippen LogP contribution < -0.4 is 10.1 Å². The molecule has 2 heterocycles. The molecule has 2 amide bonds. The average molecular weight is 467 g/mol. The Bertz CT molecular complexity index is 973. The second-order valence-corrected chi connectivity index (χ2v) is 9.18. The van der Waals surface area contributed by atoms with Gasteiger partial charge in [-0.15, -0.1) is 0 Å². The van der Waals surface area contributed by atoms with Crippen LogP contribution in [0.3, 0.4) is 0 Å². The topological polar surface area (TPSA) is 85.3 Å². The number of carbonyl (C=O) groups excluding carboxylic acids is 2. The summed E-state index contributed by atoms with van der Waals surface area (Å²) in [5.74, 6) is 1.19. The lowest BCUT2D eigenvalue weighted by Crippen LogP contribution is -2.49. The van der Waals surface area contributed by atoms with Gasteiger partial charge in [0, 0.05) is 63.8 Å². The molecule has 2 aromatic carbocycles. The number of amides is 2. The van der Waals surface area contributed by atoms with Gasteiger partial charge in [0.05, 0.1) is 0 Å². The Labute approximate surface area is 201 Å². The summed E-state index contributed by atoms with van der Waals surface area (Å²) < 4.78 is 6.01. The summed E-state index contributed by atoms with van der Waals surface area (Å²) in [6.07, 6.45) is 1.54. The highest BCUT2D eigenvalue weighted by molar-refractivity contribution is 5.94. The molecule has 1 atom stereocenters. The number of piperazine rings is 1. The smallest absolute Gasteiger partial charge is 0.253 e. The molecule has 8 nitrogen and oxygen atoms in total. The Morgan fingerprint density at radius 1 is 1.15 bits per heavy atom. The standard InChI is InChI=1S/C26H34N4O4/c1-28(19-22-7-10-25(32)27-22)18-20-3-2-4-24(17-20)34-16-15-29-11-13-30(14-12-29)26(33)21-5-8-23(31)9-6-21/h2-6,8-9,17,22,31H,7,10-16,18-19H2,1H3,(H,27,32)/t22-/m1/s1. The Balaban J connectivity index is 1.17. The SMILES string of the molecule is CN(Cc1cccc(OCCN2CCN(C(=O)c3ccc(O)cc3)CC2)c1)C[C@H]1CCC(=O)N1. The van der Waals surface area contributed by atoms with Crippen LogP contribution in [0.25, 0.3) is 0 Å². The molecule has 2 N–H and O–H groups in total. The first kappa shape index (κ1) is 24.0. The molecule has 0 unspecified atom stereocenters. The zero-order valence-corrected chi connectivity index (χ0v) is 19.8. The first-order chi connectivity index (χ1) is 16.5. The van der Waals surface area contributed by atoms with Gasteiger partial charge in [-0.1, -0.05) is 12.1 Å². The van der Waals surface area contributed by atoms with Crippen LogP contribution in [0.5, 0.6) is 11.5 Å². The lowest BCUT2D eigenvalue weighted by atomic mass is 10.1. The van der Waals surface area contributed by atoms with Crippen molar-refractivity contribution in [3.63, 3.8) is 0 Å². The monoisotopic (exact) mass is 466 g/mol. The van der Waals surface area contributed by atoms with Crippen molar-refractivity contribution in [1.82, 2.24) is 20.0 Å². The summed E-state index contributed by atoms with van der Waals surface area (Å²) in [6, 6.07) is 14.8. The molecule has 182 valence electrons. The normalized spacial score (nSPS) is 18.8. The molecule has 2 aromatic rings. The van der Waals surface area contributed by atoms with Crippen molar-refractivity contribution in [1.29, 1.82) is 0 Å². The van der Waals surface area contributed by atoms with E-state index in [4.69, 9.17) is 4.74 Å². The zero-order valence-electron chi connectivity index (χ0n) is 19.8. The van der Waals surface area contributed by atoms with E-state index in [2.05, 4.69) is 34.3 Å². The van der Waals surface area contributed by atoms with Gasteiger partial charge in [-0.3, -0.25) is 14.5 Å². The number of benzene rings is 2. The molecular formula is C26H34N4O4. The van der Waals surface area contributed by atoms with Gasteiger partial charge in [-0.25, -0.2) is 0 Å². The minimum Gasteiger partial charge on any atom is -0.508 e. The number of phenols is 1. The fourth-order valence-electron chi connectivity index (χ4n) is 4.55. The van der Waals surface area contributed by atoms with Crippen LogP contribution in [0.1, 0.15) is 28.8 Å². The number of nitrogens with zero attached hydrogens (tertiary/aromatic N) is 3. The second-order valence-electron chi connectivity index (χ2n) is 9.18. The highest BCUT2D eigenvalue weighted by Gasteiger charge is 2.23. The fourth-order valence-corrected chi connectivity index (χ4v) is 4.55. The number of rotatable bonds is 9. The molecule has 2 fully saturated rings. The van der Waals surface area contributed by atoms with Crippen molar-refractivity contribution in [2.45, 2.75) is 25.4 Å². The van der Waals surface area contributed by atoms with Crippen molar-refractivity contribution in [3.8, 4) is 11.5 Å². The molecule has 0 radical (unpaired) electrons. The van der Waals surface area contributed by atoms with Crippen LogP contribution in [0.2, 0.25) is 0 Å². The Hall–Kier alpha value is -3.10. The van der Waals surface area contributed by atoms with Crippen molar-refractivity contribution in [2.24, 2.45) is 0 Å². The number of nitrogens with one attached hydrogen (secondary N) is 1. The largest absolute Gasteiger partial charge is 0.508 e. The average Bonchev–Trinajstić information content (AvgIpc) is 3.24. The van der Waals surface area contributed by atoms with Crippen molar-refractivity contribution >= 4 is 11.8 Å². The van der Waals surface area contributed by atoms with E-state index in [1.54, 1.807) is 24.3 Å². The quantitative estimate of drug-likeness (QED) is 0.588. The summed E-state index contributed by atoms with van der Waals surface area (Å²) in [5.41, 5.74) is 1.79. The van der Waals surface area contributed by atoms with Crippen LogP contribution in [0.15, 0.2) is 48.5 Å². The number of carbonyl (C=O) groups is 2. The van der Waals surface area contributed by atoms with E-state index in [1.165, 1.54) is 5.56 Å². The molecule has 34 heavy (non-hydrogen) atoms. The van der Waals surface area contributed by atoms with E-state index in [0.717, 1.165) is 44.9 Å². The molecule has 2 saturated heterocycles. The van der Waals surface area contributed by atoms with Gasteiger partial charge in [0.15, 0.2) is 0 Å². The number of hydrogen-bond donors (Lipinski definition) is 2. The van der Waals surface area contributed by atoms with Crippen LogP contribution >= 0.6 is 0 Å². The van der Waals surface area contributed by atoms with Crippen LogP contribution in [0.4, 0.5) is 0 Å². The van der Waals surface area contributed by atoms with Gasteiger partial charge in [0.25, 0.3) is 5.91 Å². The molecule has 4 rings (SSSR count). The van der Waals surface area contributed by atoms with E-state index >= 15 is 0 Å². The number of ether oxygens (including phenoxy) is 1. The molecule has 8 heteroatoms. The molecule has 0 spiro atoms. The van der Waals surface area contributed by atoms with Gasteiger partial charge in [-0.2, -0.15) is 0 Å². The van der Waals surface area contributed by atoms with Gasteiger partial charge in [0.2, 0.25) is 5.91 Å². The Morgan fingerprint density at radius 3 is 2.62 bits per heavy atom. The Morgan fingerprint density at radius 2 is 1.91 bits per heavy atom. The molecule has 2 aliphatic heterocycles. The van der Waals surface area contributed by atoms with Gasteiger partial charge in [-0.05, 0) is 55.4 Å². The molecule has 0 saturated carbocycles. The van der Waals surface area contributed by atoms with E-state index in [9.17, 15) is 14.7 Å². The molecule has 0 bridgehead atoms. The van der Waals surface area contributed by atoms with Crippen molar-refractivity contribution in [2.75, 3.05) is 52.9 Å². The maximum atomic E-state index is 12.6. The van der Waals surface area contributed by atoms with Crippen LogP contribution in [-0.4, -0.2) is 90.6 Å². The molecule has 0 aromatic heterocycles. The lowest BCUT2D eigenvalue weighted by molar-refractivity contribution is -0.119. The zero-order chi connectivity index (χ0) is 23.9. The van der Waals surface area contributed by atoms with Crippen LogP contribution in [-0.2, 0) is 11.3 Å². The predicted molar refractivity (Wildman–Crippen MR) is 130 cm³/mol. The van der Waals surface area contributed by atoms with Gasteiger partial charge < -0.3 is 25.0 Å². The van der Waals surface area contributed by atoms with Crippen molar-refractivity contribution < 1.29 is 19.4 Å². The highest BCUT2D eigenvalue weighted by atomic mass is 16.5. The van der Waals surface area contributed by atoms with E-state index < -0.39 is 0 Å². The summed E-state index contributed by atoms with van der Waals surface area (Å²) in [4.78, 5) is 30.4. The van der Waals surface area contributed by atoms with Gasteiger partial charge >= 0.3 is 0 Å². The third-order valence-electron chi connectivity index (χ3n) is 6.42. The molecule has 2 aliphatic rings. The Kier molecular flexibility index (Phi) is 8.03. The summed E-state index contributed by atoms with van der Waals surface area (Å²) in [6.45, 7) is 6.06. The second kappa shape index (κ2) is 11.4.